The molecule has 136 valence electrons. The Bertz CT molecular complexity index is 758. The number of hydrogen-bond donors (Lipinski definition) is 4. The molecule has 2 aliphatic rings. The van der Waals surface area contributed by atoms with E-state index in [4.69, 9.17) is 17.0 Å². The molecule has 0 amide bonds. The highest BCUT2D eigenvalue weighted by Gasteiger charge is 2.24. The molecule has 1 atom stereocenters. The SMILES string of the molecule is O=S(=O)(NC1=[NH+]CCC1)c1cccc(NC(=S)NC[C@@H]2CCCO2)c1. The van der Waals surface area contributed by atoms with Gasteiger partial charge in [0, 0.05) is 18.8 Å². The number of sulfonamides is 1. The van der Waals surface area contributed by atoms with Gasteiger partial charge in [-0.25, -0.2) is 0 Å². The zero-order valence-electron chi connectivity index (χ0n) is 13.9. The van der Waals surface area contributed by atoms with E-state index in [-0.39, 0.29) is 11.0 Å². The molecule has 1 fully saturated rings. The highest BCUT2D eigenvalue weighted by molar-refractivity contribution is 7.90. The summed E-state index contributed by atoms with van der Waals surface area (Å²) in [5, 5.41) is 6.58. The van der Waals surface area contributed by atoms with Crippen molar-refractivity contribution in [2.24, 2.45) is 0 Å². The number of hydrogen-bond acceptors (Lipinski definition) is 4. The molecule has 2 aliphatic heterocycles. The first kappa shape index (κ1) is 18.1. The fourth-order valence-electron chi connectivity index (χ4n) is 2.83. The molecule has 3 rings (SSSR count). The lowest BCUT2D eigenvalue weighted by Crippen LogP contribution is -2.72. The van der Waals surface area contributed by atoms with Crippen LogP contribution in [-0.4, -0.2) is 45.2 Å². The van der Waals surface area contributed by atoms with E-state index in [1.165, 1.54) is 0 Å². The summed E-state index contributed by atoms with van der Waals surface area (Å²) in [5.74, 6) is 0.645. The maximum atomic E-state index is 12.5. The molecule has 25 heavy (non-hydrogen) atoms. The van der Waals surface area contributed by atoms with Gasteiger partial charge < -0.3 is 15.4 Å². The second-order valence-electron chi connectivity index (χ2n) is 6.11. The van der Waals surface area contributed by atoms with E-state index in [0.29, 0.717) is 29.6 Å². The second-order valence-corrected chi connectivity index (χ2v) is 8.20. The Labute approximate surface area is 153 Å². The van der Waals surface area contributed by atoms with Crippen LogP contribution in [0, 0.1) is 0 Å². The average Bonchev–Trinajstić information content (AvgIpc) is 3.26. The third-order valence-corrected chi connectivity index (χ3v) is 5.75. The predicted octanol–water partition coefficient (Wildman–Crippen LogP) is -0.297. The summed E-state index contributed by atoms with van der Waals surface area (Å²) in [4.78, 5) is 3.24. The molecule has 1 aromatic rings. The van der Waals surface area contributed by atoms with Gasteiger partial charge in [0.2, 0.25) is 0 Å². The number of thiocarbonyl (C=S) groups is 1. The lowest BCUT2D eigenvalue weighted by Gasteiger charge is -2.14. The molecule has 0 aromatic heterocycles. The van der Waals surface area contributed by atoms with Crippen LogP contribution < -0.4 is 20.3 Å². The Kier molecular flexibility index (Phi) is 5.87. The van der Waals surface area contributed by atoms with Crippen LogP contribution in [0.3, 0.4) is 0 Å². The van der Waals surface area contributed by atoms with Crippen LogP contribution in [0.5, 0.6) is 0 Å². The molecular formula is C16H23N4O3S2+. The van der Waals surface area contributed by atoms with Gasteiger partial charge in [0.05, 0.1) is 19.1 Å². The average molecular weight is 384 g/mol. The van der Waals surface area contributed by atoms with E-state index < -0.39 is 10.0 Å². The van der Waals surface area contributed by atoms with Crippen molar-refractivity contribution in [3.8, 4) is 0 Å². The minimum absolute atomic E-state index is 0.187. The van der Waals surface area contributed by atoms with Crippen LogP contribution >= 0.6 is 12.2 Å². The number of anilines is 1. The minimum atomic E-state index is -3.60. The molecule has 0 saturated carbocycles. The summed E-state index contributed by atoms with van der Waals surface area (Å²) in [5.41, 5.74) is 0.622. The lowest BCUT2D eigenvalue weighted by atomic mass is 10.2. The molecule has 0 unspecified atom stereocenters. The predicted molar refractivity (Wildman–Crippen MR) is 100 cm³/mol. The third kappa shape index (κ3) is 5.13. The van der Waals surface area contributed by atoms with Crippen LogP contribution in [0.15, 0.2) is 29.2 Å². The van der Waals surface area contributed by atoms with Crippen molar-refractivity contribution in [2.75, 3.05) is 25.0 Å². The summed E-state index contributed by atoms with van der Waals surface area (Å²) >= 11 is 5.27. The molecule has 7 nitrogen and oxygen atoms in total. The van der Waals surface area contributed by atoms with Gasteiger partial charge in [-0.15, -0.1) is 0 Å². The van der Waals surface area contributed by atoms with Gasteiger partial charge in [-0.1, -0.05) is 6.07 Å². The largest absolute Gasteiger partial charge is 0.376 e. The van der Waals surface area contributed by atoms with Crippen LogP contribution in [0.4, 0.5) is 5.69 Å². The Morgan fingerprint density at radius 1 is 1.36 bits per heavy atom. The summed E-state index contributed by atoms with van der Waals surface area (Å²) in [6, 6.07) is 6.59. The first-order valence-corrected chi connectivity index (χ1v) is 10.3. The molecule has 1 saturated heterocycles. The van der Waals surface area contributed by atoms with E-state index in [1.807, 2.05) is 0 Å². The fourth-order valence-corrected chi connectivity index (χ4v) is 4.19. The Morgan fingerprint density at radius 2 is 2.24 bits per heavy atom. The molecule has 0 spiro atoms. The van der Waals surface area contributed by atoms with Gasteiger partial charge in [-0.05, 0) is 49.7 Å². The zero-order chi connectivity index (χ0) is 17.7. The van der Waals surface area contributed by atoms with Gasteiger partial charge in [-0.2, -0.15) is 13.1 Å². The van der Waals surface area contributed by atoms with Gasteiger partial charge in [-0.3, -0.25) is 4.99 Å². The van der Waals surface area contributed by atoms with Crippen molar-refractivity contribution >= 4 is 38.9 Å². The molecule has 9 heteroatoms. The number of rotatable bonds is 5. The molecule has 0 radical (unpaired) electrons. The van der Waals surface area contributed by atoms with Crippen molar-refractivity contribution in [1.82, 2.24) is 10.0 Å². The number of nitrogens with one attached hydrogen (secondary N) is 4. The monoisotopic (exact) mass is 383 g/mol. The van der Waals surface area contributed by atoms with E-state index >= 15 is 0 Å². The van der Waals surface area contributed by atoms with Crippen LogP contribution in [0.25, 0.3) is 0 Å². The number of benzene rings is 1. The molecule has 0 aliphatic carbocycles. The summed E-state index contributed by atoms with van der Waals surface area (Å²) in [7, 11) is -3.60. The molecule has 0 bridgehead atoms. The van der Waals surface area contributed by atoms with Crippen LogP contribution in [-0.2, 0) is 14.8 Å². The smallest absolute Gasteiger partial charge is 0.328 e. The molecular weight excluding hydrogens is 360 g/mol. The summed E-state index contributed by atoms with van der Waals surface area (Å²) < 4.78 is 33.1. The quantitative estimate of drug-likeness (QED) is 0.522. The topological polar surface area (TPSA) is 93.4 Å². The Morgan fingerprint density at radius 3 is 2.96 bits per heavy atom. The number of amidine groups is 1. The van der Waals surface area contributed by atoms with E-state index in [9.17, 15) is 8.42 Å². The maximum Gasteiger partial charge on any atom is 0.328 e. The fraction of sp³-hybridized carbons (Fsp3) is 0.500. The van der Waals surface area contributed by atoms with E-state index in [1.54, 1.807) is 24.3 Å². The Balaban J connectivity index is 1.59. The second kappa shape index (κ2) is 8.11. The van der Waals surface area contributed by atoms with Crippen molar-refractivity contribution < 1.29 is 18.1 Å². The van der Waals surface area contributed by atoms with Gasteiger partial charge in [0.25, 0.3) is 5.84 Å². The van der Waals surface area contributed by atoms with E-state index in [0.717, 1.165) is 32.4 Å². The van der Waals surface area contributed by atoms with Gasteiger partial charge in [0.1, 0.15) is 4.90 Å². The first-order valence-electron chi connectivity index (χ1n) is 8.42. The molecule has 2 heterocycles. The number of ether oxygens (including phenoxy) is 1. The highest BCUT2D eigenvalue weighted by atomic mass is 32.2. The van der Waals surface area contributed by atoms with Crippen molar-refractivity contribution in [3.05, 3.63) is 24.3 Å². The maximum absolute atomic E-state index is 12.5. The standard InChI is InChI=1S/C16H22N4O3S2/c21-25(22,20-15-7-2-8-17-15)14-6-1-4-12(10-14)19-16(24)18-11-13-5-3-9-23-13/h1,4,6,10,13H,2-3,5,7-9,11H2,(H,17,20)(H2,18,19,24)/p+1/t13-/m0/s1. The lowest BCUT2D eigenvalue weighted by molar-refractivity contribution is -0.448. The molecule has 4 N–H and O–H groups in total. The summed E-state index contributed by atoms with van der Waals surface area (Å²) in [6.07, 6.45) is 3.94. The van der Waals surface area contributed by atoms with Gasteiger partial charge in [0.15, 0.2) is 5.11 Å². The zero-order valence-corrected chi connectivity index (χ0v) is 15.5. The van der Waals surface area contributed by atoms with Crippen molar-refractivity contribution in [2.45, 2.75) is 36.7 Å². The van der Waals surface area contributed by atoms with Crippen molar-refractivity contribution in [3.63, 3.8) is 0 Å². The van der Waals surface area contributed by atoms with Crippen LogP contribution in [0.1, 0.15) is 25.7 Å². The first-order chi connectivity index (χ1) is 12.0. The van der Waals surface area contributed by atoms with Gasteiger partial charge >= 0.3 is 10.0 Å². The summed E-state index contributed by atoms with van der Waals surface area (Å²) in [6.45, 7) is 2.24. The van der Waals surface area contributed by atoms with Crippen LogP contribution in [0.2, 0.25) is 0 Å². The minimum Gasteiger partial charge on any atom is -0.376 e. The third-order valence-electron chi connectivity index (χ3n) is 4.12. The highest BCUT2D eigenvalue weighted by Crippen LogP contribution is 2.16. The Hall–Kier alpha value is -1.71. The van der Waals surface area contributed by atoms with Crippen molar-refractivity contribution in [1.29, 1.82) is 0 Å². The molecule has 1 aromatic carbocycles. The normalized spacial score (nSPS) is 20.2. The van der Waals surface area contributed by atoms with E-state index in [2.05, 4.69) is 20.3 Å².